The second kappa shape index (κ2) is 19.2. The summed E-state index contributed by atoms with van der Waals surface area (Å²) in [4.78, 5) is 67.8. The Morgan fingerprint density at radius 2 is 1.08 bits per heavy atom. The maximum atomic E-state index is 13.6. The lowest BCUT2D eigenvalue weighted by Crippen LogP contribution is -2.43. The molecule has 6 rings (SSSR count). The molecule has 14 heteroatoms. The molecule has 2 saturated heterocycles. The van der Waals surface area contributed by atoms with Crippen molar-refractivity contribution in [3.05, 3.63) is 131 Å². The highest BCUT2D eigenvalue weighted by molar-refractivity contribution is 5.98. The third kappa shape index (κ3) is 12.2. The van der Waals surface area contributed by atoms with Gasteiger partial charge < -0.3 is 35.3 Å². The van der Waals surface area contributed by atoms with Crippen LogP contribution in [0.1, 0.15) is 55.9 Å². The lowest BCUT2D eigenvalue weighted by molar-refractivity contribution is -0.120. The van der Waals surface area contributed by atoms with E-state index < -0.39 is 59.9 Å². The van der Waals surface area contributed by atoms with E-state index in [1.54, 1.807) is 24.3 Å². The van der Waals surface area contributed by atoms with Crippen molar-refractivity contribution >= 4 is 53.6 Å². The third-order valence-corrected chi connectivity index (χ3v) is 9.60. The average molecular weight is 804 g/mol. The van der Waals surface area contributed by atoms with Crippen LogP contribution in [0.3, 0.4) is 0 Å². The summed E-state index contributed by atoms with van der Waals surface area (Å²) in [5.41, 5.74) is 3.83. The molecule has 0 bridgehead atoms. The fourth-order valence-corrected chi connectivity index (χ4v) is 6.69. The van der Waals surface area contributed by atoms with Crippen LogP contribution in [0.4, 0.5) is 25.8 Å². The van der Waals surface area contributed by atoms with Crippen LogP contribution in [-0.2, 0) is 37.0 Å². The lowest BCUT2D eigenvalue weighted by Gasteiger charge is -2.23. The van der Waals surface area contributed by atoms with Crippen LogP contribution >= 0.6 is 0 Å². The molecule has 14 nitrogen and oxygen atoms in total. The number of likely N-dealkylation sites (tertiary alicyclic amines) is 2. The number of nitrogens with one attached hydrogen (secondary N) is 3. The van der Waals surface area contributed by atoms with E-state index in [1.165, 1.54) is 9.80 Å². The Kier molecular flexibility index (Phi) is 13.6. The van der Waals surface area contributed by atoms with E-state index in [2.05, 4.69) is 16.0 Å². The van der Waals surface area contributed by atoms with Gasteiger partial charge in [0.2, 0.25) is 11.8 Å². The normalized spacial score (nSPS) is 18.9. The van der Waals surface area contributed by atoms with Crippen molar-refractivity contribution in [1.29, 1.82) is 0 Å². The Balaban J connectivity index is 1.01. The average Bonchev–Trinajstić information content (AvgIpc) is 3.83. The number of ether oxygens (including phenoxy) is 3. The number of carbonyl (C=O) groups excluding carboxylic acids is 5. The number of alkyl carbamates (subject to hydrolysis) is 1. The predicted octanol–water partition coefficient (Wildman–Crippen LogP) is 6.81. The number of benzene rings is 4. The smallest absolute Gasteiger partial charge is 0.410 e. The van der Waals surface area contributed by atoms with Gasteiger partial charge in [-0.15, -0.1) is 0 Å². The summed E-state index contributed by atoms with van der Waals surface area (Å²) >= 11 is 0. The van der Waals surface area contributed by atoms with Crippen molar-refractivity contribution in [3.63, 3.8) is 0 Å². The standard InChI is InChI=1S/C45H49N5O9/c1-45(2,3)48-42(54)59-37-25-39(50(27-37)44(56)58-29-33-12-8-5-9-13-33)41(53)47-35-22-18-31(19-23-35)15-14-30-16-20-34(21-17-30)46-40(52)38-24-36(51)26-49(38)43(55)57-28-32-10-6-4-7-11-32/h4-23,36-39,51H,24-29H2,1-3H3,(H,46,52)(H,47,53)(H,48,54)/b15-14+/t36-,37?,38+,39+/m1/s1. The second-order valence-corrected chi connectivity index (χ2v) is 15.5. The molecule has 0 saturated carbocycles. The number of nitrogens with zero attached hydrogens (tertiary/aromatic N) is 2. The lowest BCUT2D eigenvalue weighted by atomic mass is 10.1. The van der Waals surface area contributed by atoms with E-state index in [4.69, 9.17) is 14.2 Å². The van der Waals surface area contributed by atoms with Gasteiger partial charge in [-0.1, -0.05) is 97.1 Å². The summed E-state index contributed by atoms with van der Waals surface area (Å²) in [6, 6.07) is 30.9. The number of carbonyl (C=O) groups is 5. The molecule has 0 spiro atoms. The van der Waals surface area contributed by atoms with Crippen LogP contribution in [0.5, 0.6) is 0 Å². The quantitative estimate of drug-likeness (QED) is 0.0938. The first-order valence-corrected chi connectivity index (χ1v) is 19.4. The topological polar surface area (TPSA) is 176 Å². The zero-order valence-corrected chi connectivity index (χ0v) is 33.2. The van der Waals surface area contributed by atoms with E-state index in [9.17, 15) is 29.1 Å². The zero-order valence-electron chi connectivity index (χ0n) is 33.2. The highest BCUT2D eigenvalue weighted by Crippen LogP contribution is 2.25. The van der Waals surface area contributed by atoms with Crippen molar-refractivity contribution in [2.75, 3.05) is 23.7 Å². The summed E-state index contributed by atoms with van der Waals surface area (Å²) in [5.74, 6) is -0.867. The molecule has 4 aromatic carbocycles. The molecule has 1 unspecified atom stereocenters. The SMILES string of the molecule is CC(C)(C)NC(=O)OC1C[C@@H](C(=O)Nc2ccc(/C=C/c3ccc(NC(=O)[C@@H]4C[C@@H](O)CN4C(=O)OCc4ccccc4)cc3)cc2)N(C(=O)OCc2ccccc2)C1. The molecule has 59 heavy (non-hydrogen) atoms. The minimum Gasteiger partial charge on any atom is -0.445 e. The van der Waals surface area contributed by atoms with Crippen LogP contribution in [0.2, 0.25) is 0 Å². The highest BCUT2D eigenvalue weighted by atomic mass is 16.6. The van der Waals surface area contributed by atoms with E-state index in [0.29, 0.717) is 11.4 Å². The number of anilines is 2. The predicted molar refractivity (Wildman–Crippen MR) is 222 cm³/mol. The molecular weight excluding hydrogens is 755 g/mol. The molecule has 0 aromatic heterocycles. The number of β-amino-alcohol motifs (C(OH)–C–C–N with tert-alkyl or cyclic N) is 1. The van der Waals surface area contributed by atoms with Gasteiger partial charge in [0.25, 0.3) is 0 Å². The third-order valence-electron chi connectivity index (χ3n) is 9.60. The highest BCUT2D eigenvalue weighted by Gasteiger charge is 2.43. The molecule has 4 atom stereocenters. The van der Waals surface area contributed by atoms with Gasteiger partial charge in [0.15, 0.2) is 0 Å². The maximum absolute atomic E-state index is 13.6. The Labute approximate surface area is 343 Å². The van der Waals surface area contributed by atoms with Gasteiger partial charge in [0.05, 0.1) is 19.2 Å². The minimum absolute atomic E-state index is 0.00304. The van der Waals surface area contributed by atoms with Gasteiger partial charge in [-0.3, -0.25) is 19.4 Å². The van der Waals surface area contributed by atoms with Gasteiger partial charge in [-0.05, 0) is 67.3 Å². The number of rotatable bonds is 11. The van der Waals surface area contributed by atoms with Gasteiger partial charge in [-0.2, -0.15) is 0 Å². The van der Waals surface area contributed by atoms with E-state index in [-0.39, 0.29) is 39.1 Å². The van der Waals surface area contributed by atoms with Crippen LogP contribution < -0.4 is 16.0 Å². The van der Waals surface area contributed by atoms with Crippen molar-refractivity contribution < 1.29 is 43.3 Å². The molecule has 4 N–H and O–H groups in total. The van der Waals surface area contributed by atoms with Gasteiger partial charge in [0, 0.05) is 29.8 Å². The first-order chi connectivity index (χ1) is 28.3. The number of amides is 5. The Morgan fingerprint density at radius 1 is 0.644 bits per heavy atom. The first-order valence-electron chi connectivity index (χ1n) is 19.4. The maximum Gasteiger partial charge on any atom is 0.410 e. The molecule has 2 heterocycles. The first kappa shape index (κ1) is 41.9. The summed E-state index contributed by atoms with van der Waals surface area (Å²) < 4.78 is 16.5. The van der Waals surface area contributed by atoms with Crippen LogP contribution in [0.25, 0.3) is 12.2 Å². The van der Waals surface area contributed by atoms with Gasteiger partial charge >= 0.3 is 18.3 Å². The Hall–Kier alpha value is -6.67. The van der Waals surface area contributed by atoms with E-state index >= 15 is 0 Å². The van der Waals surface area contributed by atoms with Gasteiger partial charge in [0.1, 0.15) is 31.4 Å². The number of aliphatic hydroxyl groups is 1. The van der Waals surface area contributed by atoms with Crippen molar-refractivity contribution in [2.24, 2.45) is 0 Å². The van der Waals surface area contributed by atoms with E-state index in [0.717, 1.165) is 22.3 Å². The number of aliphatic hydroxyl groups excluding tert-OH is 1. The molecule has 2 aliphatic rings. The Bertz CT molecular complexity index is 2110. The van der Waals surface area contributed by atoms with Crippen LogP contribution in [0, 0.1) is 0 Å². The second-order valence-electron chi connectivity index (χ2n) is 15.5. The molecule has 2 aliphatic heterocycles. The molecule has 0 radical (unpaired) electrons. The minimum atomic E-state index is -0.942. The van der Waals surface area contributed by atoms with Crippen LogP contribution in [0.15, 0.2) is 109 Å². The molecule has 5 amide bonds. The molecule has 4 aromatic rings. The molecule has 2 fully saturated rings. The molecule has 0 aliphatic carbocycles. The summed E-state index contributed by atoms with van der Waals surface area (Å²) in [6.07, 6.45) is 0.432. The van der Waals surface area contributed by atoms with Crippen molar-refractivity contribution in [1.82, 2.24) is 15.1 Å². The number of hydrogen-bond donors (Lipinski definition) is 4. The van der Waals surface area contributed by atoms with E-state index in [1.807, 2.05) is 118 Å². The van der Waals surface area contributed by atoms with Crippen LogP contribution in [-0.4, -0.2) is 87.9 Å². The summed E-state index contributed by atoms with van der Waals surface area (Å²) in [5, 5.41) is 18.7. The summed E-state index contributed by atoms with van der Waals surface area (Å²) in [6.45, 7) is 5.55. The van der Waals surface area contributed by atoms with Crippen molar-refractivity contribution in [3.8, 4) is 0 Å². The molecular formula is C45H49N5O9. The summed E-state index contributed by atoms with van der Waals surface area (Å²) in [7, 11) is 0. The Morgan fingerprint density at radius 3 is 1.54 bits per heavy atom. The monoisotopic (exact) mass is 803 g/mol. The van der Waals surface area contributed by atoms with Gasteiger partial charge in [-0.25, -0.2) is 14.4 Å². The largest absolute Gasteiger partial charge is 0.445 e. The number of hydrogen-bond acceptors (Lipinski definition) is 9. The molecule has 308 valence electrons. The zero-order chi connectivity index (χ0) is 41.9. The fourth-order valence-electron chi connectivity index (χ4n) is 6.69. The fraction of sp³-hybridized carbons (Fsp3) is 0.311. The van der Waals surface area contributed by atoms with Crippen molar-refractivity contribution in [2.45, 2.75) is 76.7 Å².